The van der Waals surface area contributed by atoms with Crippen molar-refractivity contribution >= 4 is 23.4 Å². The summed E-state index contributed by atoms with van der Waals surface area (Å²) in [6.07, 6.45) is 0. The number of aromatic nitrogens is 1. The molecule has 1 aromatic rings. The molecule has 0 bridgehead atoms. The van der Waals surface area contributed by atoms with Crippen molar-refractivity contribution in [1.82, 2.24) is 4.98 Å². The van der Waals surface area contributed by atoms with Crippen molar-refractivity contribution in [2.45, 2.75) is 39.8 Å². The standard InChI is InChI=1S/C17H22ClN3O2/c1-9(2)14-7-22-16(20-14)12-5-11(18)6-13(19-12)17-21-15(8-23-17)10(3)4/h5-6,9-10,14-15H,7-8H2,1-4H3/t14-,15-/m1/s1. The van der Waals surface area contributed by atoms with Crippen LogP contribution in [-0.2, 0) is 9.47 Å². The van der Waals surface area contributed by atoms with E-state index >= 15 is 0 Å². The summed E-state index contributed by atoms with van der Waals surface area (Å²) in [5.74, 6) is 1.96. The molecule has 0 fully saturated rings. The van der Waals surface area contributed by atoms with Crippen LogP contribution in [0.15, 0.2) is 22.1 Å². The summed E-state index contributed by atoms with van der Waals surface area (Å²) in [5, 5.41) is 0.573. The highest BCUT2D eigenvalue weighted by Gasteiger charge is 2.27. The number of hydrogen-bond donors (Lipinski definition) is 0. The highest BCUT2D eigenvalue weighted by molar-refractivity contribution is 6.31. The monoisotopic (exact) mass is 335 g/mol. The van der Waals surface area contributed by atoms with E-state index in [1.165, 1.54) is 0 Å². The van der Waals surface area contributed by atoms with Crippen LogP contribution in [0.4, 0.5) is 0 Å². The molecular weight excluding hydrogens is 314 g/mol. The summed E-state index contributed by atoms with van der Waals surface area (Å²) in [6, 6.07) is 3.86. The Morgan fingerprint density at radius 1 is 0.913 bits per heavy atom. The molecule has 0 radical (unpaired) electrons. The van der Waals surface area contributed by atoms with E-state index in [2.05, 4.69) is 42.7 Å². The van der Waals surface area contributed by atoms with Crippen LogP contribution in [0.25, 0.3) is 0 Å². The lowest BCUT2D eigenvalue weighted by Gasteiger charge is -2.06. The molecule has 3 rings (SSSR count). The van der Waals surface area contributed by atoms with Crippen molar-refractivity contribution in [1.29, 1.82) is 0 Å². The average Bonchev–Trinajstić information content (AvgIpc) is 3.16. The third kappa shape index (κ3) is 3.50. The fraction of sp³-hybridized carbons (Fsp3) is 0.588. The normalized spacial score (nSPS) is 23.8. The molecule has 2 aliphatic heterocycles. The molecule has 3 heterocycles. The molecule has 0 aromatic carbocycles. The van der Waals surface area contributed by atoms with Crippen LogP contribution < -0.4 is 0 Å². The summed E-state index contributed by atoms with van der Waals surface area (Å²) in [7, 11) is 0. The van der Waals surface area contributed by atoms with Crippen molar-refractivity contribution < 1.29 is 9.47 Å². The van der Waals surface area contributed by atoms with E-state index in [9.17, 15) is 0 Å². The summed E-state index contributed by atoms with van der Waals surface area (Å²) in [6.45, 7) is 9.69. The number of ether oxygens (including phenoxy) is 2. The Labute approximate surface area is 141 Å². The lowest BCUT2D eigenvalue weighted by molar-refractivity contribution is 0.290. The number of halogens is 1. The molecule has 0 unspecified atom stereocenters. The van der Waals surface area contributed by atoms with Crippen molar-refractivity contribution in [3.05, 3.63) is 28.5 Å². The third-order valence-electron chi connectivity index (χ3n) is 4.12. The maximum atomic E-state index is 6.24. The van der Waals surface area contributed by atoms with Crippen molar-refractivity contribution in [3.63, 3.8) is 0 Å². The predicted octanol–water partition coefficient (Wildman–Crippen LogP) is 3.34. The minimum absolute atomic E-state index is 0.166. The molecule has 2 atom stereocenters. The summed E-state index contributed by atoms with van der Waals surface area (Å²) in [4.78, 5) is 13.8. The van der Waals surface area contributed by atoms with Gasteiger partial charge in [-0.1, -0.05) is 39.3 Å². The molecule has 6 heteroatoms. The first-order valence-corrected chi connectivity index (χ1v) is 8.41. The lowest BCUT2D eigenvalue weighted by atomic mass is 10.1. The van der Waals surface area contributed by atoms with E-state index in [0.29, 0.717) is 53.3 Å². The Morgan fingerprint density at radius 2 is 1.35 bits per heavy atom. The van der Waals surface area contributed by atoms with Gasteiger partial charge in [0.05, 0.1) is 12.1 Å². The van der Waals surface area contributed by atoms with Gasteiger partial charge in [-0.3, -0.25) is 0 Å². The Bertz CT molecular complexity index is 603. The van der Waals surface area contributed by atoms with Crippen molar-refractivity contribution in [2.24, 2.45) is 21.8 Å². The fourth-order valence-corrected chi connectivity index (χ4v) is 2.67. The van der Waals surface area contributed by atoms with Gasteiger partial charge in [0.15, 0.2) is 0 Å². The van der Waals surface area contributed by atoms with Crippen LogP contribution >= 0.6 is 11.6 Å². The van der Waals surface area contributed by atoms with Gasteiger partial charge in [-0.2, -0.15) is 0 Å². The molecule has 124 valence electrons. The second kappa shape index (κ2) is 6.48. The SMILES string of the molecule is CC(C)[C@H]1COC(c2cc(Cl)cc(C3=N[C@@H](C(C)C)CO3)n2)=N1. The first-order chi connectivity index (χ1) is 10.9. The maximum Gasteiger partial charge on any atom is 0.235 e. The molecule has 0 N–H and O–H groups in total. The largest absolute Gasteiger partial charge is 0.474 e. The molecule has 5 nitrogen and oxygen atoms in total. The smallest absolute Gasteiger partial charge is 0.235 e. The second-order valence-electron chi connectivity index (χ2n) is 6.67. The topological polar surface area (TPSA) is 56.1 Å². The molecule has 1 aromatic heterocycles. The first kappa shape index (κ1) is 16.2. The van der Waals surface area contributed by atoms with Gasteiger partial charge in [0, 0.05) is 5.02 Å². The highest BCUT2D eigenvalue weighted by atomic mass is 35.5. The molecule has 0 saturated heterocycles. The van der Waals surface area contributed by atoms with Crippen LogP contribution in [0.2, 0.25) is 5.02 Å². The second-order valence-corrected chi connectivity index (χ2v) is 7.11. The molecular formula is C17H22ClN3O2. The molecule has 0 aliphatic carbocycles. The number of hydrogen-bond acceptors (Lipinski definition) is 5. The zero-order chi connectivity index (χ0) is 16.6. The fourth-order valence-electron chi connectivity index (χ4n) is 2.46. The number of nitrogens with zero attached hydrogens (tertiary/aromatic N) is 3. The number of aliphatic imine (C=N–C) groups is 2. The summed E-state index contributed by atoms with van der Waals surface area (Å²) < 4.78 is 11.4. The lowest BCUT2D eigenvalue weighted by Crippen LogP contribution is -2.13. The van der Waals surface area contributed by atoms with Crippen LogP contribution in [-0.4, -0.2) is 42.1 Å². The number of pyridine rings is 1. The Balaban J connectivity index is 1.89. The van der Waals surface area contributed by atoms with E-state index in [0.717, 1.165) is 0 Å². The Hall–Kier alpha value is -1.62. The molecule has 23 heavy (non-hydrogen) atoms. The van der Waals surface area contributed by atoms with Gasteiger partial charge < -0.3 is 9.47 Å². The predicted molar refractivity (Wildman–Crippen MR) is 91.5 cm³/mol. The van der Waals surface area contributed by atoms with E-state index in [1.807, 2.05) is 0 Å². The molecule has 0 spiro atoms. The number of rotatable bonds is 4. The average molecular weight is 336 g/mol. The van der Waals surface area contributed by atoms with Gasteiger partial charge >= 0.3 is 0 Å². The zero-order valence-corrected chi connectivity index (χ0v) is 14.7. The summed E-state index contributed by atoms with van der Waals surface area (Å²) >= 11 is 6.24. The van der Waals surface area contributed by atoms with Crippen LogP contribution in [0.5, 0.6) is 0 Å². The van der Waals surface area contributed by atoms with Gasteiger partial charge in [-0.05, 0) is 24.0 Å². The van der Waals surface area contributed by atoms with Gasteiger partial charge in [0.1, 0.15) is 24.6 Å². The van der Waals surface area contributed by atoms with E-state index in [-0.39, 0.29) is 12.1 Å². The minimum Gasteiger partial charge on any atom is -0.474 e. The van der Waals surface area contributed by atoms with Gasteiger partial charge in [0.25, 0.3) is 0 Å². The Kier molecular flexibility index (Phi) is 4.57. The highest BCUT2D eigenvalue weighted by Crippen LogP contribution is 2.22. The van der Waals surface area contributed by atoms with E-state index in [1.54, 1.807) is 12.1 Å². The molecule has 2 aliphatic rings. The van der Waals surface area contributed by atoms with Gasteiger partial charge in [0.2, 0.25) is 11.8 Å². The zero-order valence-electron chi connectivity index (χ0n) is 13.9. The van der Waals surface area contributed by atoms with Crippen LogP contribution in [0.1, 0.15) is 39.1 Å². The van der Waals surface area contributed by atoms with Crippen molar-refractivity contribution in [3.8, 4) is 0 Å². The third-order valence-corrected chi connectivity index (χ3v) is 4.33. The maximum absolute atomic E-state index is 6.24. The van der Waals surface area contributed by atoms with Crippen LogP contribution in [0.3, 0.4) is 0 Å². The van der Waals surface area contributed by atoms with Gasteiger partial charge in [-0.15, -0.1) is 0 Å². The van der Waals surface area contributed by atoms with E-state index < -0.39 is 0 Å². The van der Waals surface area contributed by atoms with Gasteiger partial charge in [-0.25, -0.2) is 15.0 Å². The molecule has 0 amide bonds. The van der Waals surface area contributed by atoms with Crippen molar-refractivity contribution in [2.75, 3.05) is 13.2 Å². The first-order valence-electron chi connectivity index (χ1n) is 8.03. The minimum atomic E-state index is 0.166. The molecule has 0 saturated carbocycles. The summed E-state index contributed by atoms with van der Waals surface area (Å²) in [5.41, 5.74) is 1.27. The van der Waals surface area contributed by atoms with E-state index in [4.69, 9.17) is 21.1 Å². The Morgan fingerprint density at radius 3 is 1.70 bits per heavy atom. The quantitative estimate of drug-likeness (QED) is 0.848. The van der Waals surface area contributed by atoms with Crippen LogP contribution in [0, 0.1) is 11.8 Å².